The van der Waals surface area contributed by atoms with E-state index in [1.54, 1.807) is 54.6 Å². The second-order valence-electron chi connectivity index (χ2n) is 6.49. The molecular weight excluding hydrogens is 429 g/mol. The smallest absolute Gasteiger partial charge is 0.454 e. The molecule has 2 aromatic carbocycles. The van der Waals surface area contributed by atoms with Crippen LogP contribution in [0.3, 0.4) is 0 Å². The van der Waals surface area contributed by atoms with Gasteiger partial charge in [0.15, 0.2) is 6.61 Å². The van der Waals surface area contributed by atoms with Crippen molar-refractivity contribution in [2.45, 2.75) is 18.6 Å². The standard InChI is InChI=1S/C22H21F3N2O5/c1-31-17-9-7-16(8-10-17)27-20(29)14-32-21(30)18(13-15-5-3-2-4-6-15)26-12-11-19(28)22(23,24)25/h2-12,18,26H,13-14H2,1H3,(H,27,29)/b12-11+. The zero-order chi connectivity index (χ0) is 23.6. The van der Waals surface area contributed by atoms with Gasteiger partial charge in [0.05, 0.1) is 7.11 Å². The van der Waals surface area contributed by atoms with E-state index < -0.39 is 36.5 Å². The number of hydrogen-bond donors (Lipinski definition) is 2. The third-order valence-electron chi connectivity index (χ3n) is 4.10. The summed E-state index contributed by atoms with van der Waals surface area (Å²) in [4.78, 5) is 35.5. The summed E-state index contributed by atoms with van der Waals surface area (Å²) in [6, 6.07) is 14.0. The number of methoxy groups -OCH3 is 1. The molecule has 0 saturated heterocycles. The van der Waals surface area contributed by atoms with E-state index in [0.29, 0.717) is 17.0 Å². The van der Waals surface area contributed by atoms with E-state index in [2.05, 4.69) is 10.6 Å². The van der Waals surface area contributed by atoms with Crippen LogP contribution in [0.4, 0.5) is 18.9 Å². The molecule has 2 N–H and O–H groups in total. The summed E-state index contributed by atoms with van der Waals surface area (Å²) >= 11 is 0. The van der Waals surface area contributed by atoms with Gasteiger partial charge in [-0.3, -0.25) is 9.59 Å². The van der Waals surface area contributed by atoms with Crippen LogP contribution in [0.25, 0.3) is 0 Å². The number of rotatable bonds is 10. The Morgan fingerprint density at radius 3 is 2.28 bits per heavy atom. The third kappa shape index (κ3) is 8.13. The van der Waals surface area contributed by atoms with Gasteiger partial charge in [-0.05, 0) is 29.8 Å². The largest absolute Gasteiger partial charge is 0.497 e. The number of nitrogens with one attached hydrogen (secondary N) is 2. The number of esters is 1. The van der Waals surface area contributed by atoms with Crippen molar-refractivity contribution in [2.24, 2.45) is 0 Å². The van der Waals surface area contributed by atoms with Gasteiger partial charge in [-0.2, -0.15) is 13.2 Å². The second kappa shape index (κ2) is 11.5. The number of ketones is 1. The predicted molar refractivity (Wildman–Crippen MR) is 110 cm³/mol. The van der Waals surface area contributed by atoms with Crippen LogP contribution in [-0.4, -0.2) is 43.6 Å². The molecule has 0 bridgehead atoms. The lowest BCUT2D eigenvalue weighted by molar-refractivity contribution is -0.165. The highest BCUT2D eigenvalue weighted by Crippen LogP contribution is 2.16. The quantitative estimate of drug-likeness (QED) is 0.427. The van der Waals surface area contributed by atoms with Crippen LogP contribution in [0.2, 0.25) is 0 Å². The van der Waals surface area contributed by atoms with Crippen LogP contribution >= 0.6 is 0 Å². The van der Waals surface area contributed by atoms with E-state index in [4.69, 9.17) is 9.47 Å². The number of amides is 1. The maximum atomic E-state index is 12.4. The summed E-state index contributed by atoms with van der Waals surface area (Å²) in [5, 5.41) is 4.97. The number of halogens is 3. The average Bonchev–Trinajstić information content (AvgIpc) is 2.77. The summed E-state index contributed by atoms with van der Waals surface area (Å²) in [5.41, 5.74) is 1.15. The molecule has 0 aliphatic heterocycles. The maximum absolute atomic E-state index is 12.4. The predicted octanol–water partition coefficient (Wildman–Crippen LogP) is 3.02. The van der Waals surface area contributed by atoms with Gasteiger partial charge in [-0.25, -0.2) is 4.79 Å². The van der Waals surface area contributed by atoms with Crippen molar-refractivity contribution in [1.29, 1.82) is 0 Å². The minimum absolute atomic E-state index is 0.0598. The Morgan fingerprint density at radius 2 is 1.69 bits per heavy atom. The van der Waals surface area contributed by atoms with Gasteiger partial charge in [0.25, 0.3) is 11.7 Å². The molecule has 10 heteroatoms. The number of carbonyl (C=O) groups is 3. The minimum atomic E-state index is -5.02. The van der Waals surface area contributed by atoms with Crippen molar-refractivity contribution in [3.05, 3.63) is 72.4 Å². The fourth-order valence-electron chi connectivity index (χ4n) is 2.50. The monoisotopic (exact) mass is 450 g/mol. The molecule has 0 heterocycles. The number of ether oxygens (including phenoxy) is 2. The van der Waals surface area contributed by atoms with E-state index in [-0.39, 0.29) is 12.5 Å². The van der Waals surface area contributed by atoms with Crippen LogP contribution in [0.5, 0.6) is 5.75 Å². The van der Waals surface area contributed by atoms with E-state index in [1.165, 1.54) is 7.11 Å². The molecule has 170 valence electrons. The van der Waals surface area contributed by atoms with Gasteiger partial charge in [-0.1, -0.05) is 30.3 Å². The summed E-state index contributed by atoms with van der Waals surface area (Å²) < 4.78 is 47.0. The topological polar surface area (TPSA) is 93.7 Å². The van der Waals surface area contributed by atoms with Crippen LogP contribution < -0.4 is 15.4 Å². The number of anilines is 1. The third-order valence-corrected chi connectivity index (χ3v) is 4.10. The van der Waals surface area contributed by atoms with Crippen LogP contribution in [0.15, 0.2) is 66.9 Å². The molecule has 0 spiro atoms. The molecule has 1 amide bonds. The molecule has 2 rings (SSSR count). The van der Waals surface area contributed by atoms with Crippen LogP contribution in [0.1, 0.15) is 5.56 Å². The van der Waals surface area contributed by atoms with Crippen LogP contribution in [0, 0.1) is 0 Å². The molecule has 0 aromatic heterocycles. The number of allylic oxidation sites excluding steroid dienone is 1. The summed E-state index contributed by atoms with van der Waals surface area (Å²) in [6.45, 7) is -0.608. The molecule has 1 unspecified atom stereocenters. The first-order valence-electron chi connectivity index (χ1n) is 9.37. The van der Waals surface area contributed by atoms with Crippen molar-refractivity contribution >= 4 is 23.3 Å². The molecule has 0 aliphatic carbocycles. The normalized spacial score (nSPS) is 12.1. The molecule has 0 aliphatic rings. The molecule has 2 aromatic rings. The van der Waals surface area contributed by atoms with E-state index in [0.717, 1.165) is 6.20 Å². The van der Waals surface area contributed by atoms with E-state index in [9.17, 15) is 27.6 Å². The average molecular weight is 450 g/mol. The highest BCUT2D eigenvalue weighted by Gasteiger charge is 2.36. The summed E-state index contributed by atoms with van der Waals surface area (Å²) in [7, 11) is 1.50. The first-order valence-corrected chi connectivity index (χ1v) is 9.37. The zero-order valence-corrected chi connectivity index (χ0v) is 17.0. The van der Waals surface area contributed by atoms with Gasteiger partial charge in [-0.15, -0.1) is 0 Å². The molecule has 1 atom stereocenters. The first kappa shape index (κ1) is 24.4. The van der Waals surface area contributed by atoms with Gasteiger partial charge in [0, 0.05) is 24.4 Å². The van der Waals surface area contributed by atoms with E-state index in [1.807, 2.05) is 0 Å². The summed E-state index contributed by atoms with van der Waals surface area (Å²) in [5.74, 6) is -2.95. The zero-order valence-electron chi connectivity index (χ0n) is 17.0. The van der Waals surface area contributed by atoms with Gasteiger partial charge < -0.3 is 20.1 Å². The highest BCUT2D eigenvalue weighted by molar-refractivity contribution is 5.94. The fourth-order valence-corrected chi connectivity index (χ4v) is 2.50. The number of hydrogen-bond acceptors (Lipinski definition) is 6. The molecular formula is C22H21F3N2O5. The molecule has 0 radical (unpaired) electrons. The first-order chi connectivity index (χ1) is 15.2. The van der Waals surface area contributed by atoms with Gasteiger partial charge >= 0.3 is 12.1 Å². The molecule has 0 fully saturated rings. The lowest BCUT2D eigenvalue weighted by atomic mass is 10.1. The van der Waals surface area contributed by atoms with Crippen molar-refractivity contribution in [2.75, 3.05) is 19.0 Å². The lowest BCUT2D eigenvalue weighted by Gasteiger charge is -2.16. The molecule has 32 heavy (non-hydrogen) atoms. The second-order valence-corrected chi connectivity index (χ2v) is 6.49. The fraction of sp³-hybridized carbons (Fsp3) is 0.227. The maximum Gasteiger partial charge on any atom is 0.454 e. The Bertz CT molecular complexity index is 944. The Hall–Kier alpha value is -3.82. The summed E-state index contributed by atoms with van der Waals surface area (Å²) in [6.07, 6.45) is -3.94. The Morgan fingerprint density at radius 1 is 1.03 bits per heavy atom. The number of alkyl halides is 3. The lowest BCUT2D eigenvalue weighted by Crippen LogP contribution is -2.38. The van der Waals surface area contributed by atoms with Crippen LogP contribution in [-0.2, 0) is 25.5 Å². The van der Waals surface area contributed by atoms with Crippen molar-refractivity contribution in [3.63, 3.8) is 0 Å². The van der Waals surface area contributed by atoms with E-state index >= 15 is 0 Å². The van der Waals surface area contributed by atoms with Crippen molar-refractivity contribution in [3.8, 4) is 5.75 Å². The molecule has 7 nitrogen and oxygen atoms in total. The van der Waals surface area contributed by atoms with Gasteiger partial charge in [0.1, 0.15) is 11.8 Å². The molecule has 0 saturated carbocycles. The number of carbonyl (C=O) groups excluding carboxylic acids is 3. The minimum Gasteiger partial charge on any atom is -0.497 e. The number of benzene rings is 2. The van der Waals surface area contributed by atoms with Crippen molar-refractivity contribution < 1.29 is 37.0 Å². The van der Waals surface area contributed by atoms with Crippen molar-refractivity contribution in [1.82, 2.24) is 5.32 Å². The van der Waals surface area contributed by atoms with Gasteiger partial charge in [0.2, 0.25) is 0 Å². The Balaban J connectivity index is 1.97. The Labute approximate surface area is 182 Å². The SMILES string of the molecule is COc1ccc(NC(=O)COC(=O)C(Cc2ccccc2)N/C=C/C(=O)C(F)(F)F)cc1. The highest BCUT2D eigenvalue weighted by atomic mass is 19.4. The Kier molecular flexibility index (Phi) is 8.82.